The molecule has 48 heavy (non-hydrogen) atoms. The number of aromatic nitrogens is 2. The van der Waals surface area contributed by atoms with Crippen molar-refractivity contribution in [1.29, 1.82) is 5.41 Å². The summed E-state index contributed by atoms with van der Waals surface area (Å²) in [5.74, 6) is 0.403. The number of nitrogens with two attached hydrogens (primary N) is 2. The molecule has 7 nitrogen and oxygen atoms in total. The number of fused-ring (bicyclic) bond motifs is 1. The first-order chi connectivity index (χ1) is 23.3. The molecule has 5 aromatic carbocycles. The van der Waals surface area contributed by atoms with Crippen LogP contribution in [-0.2, 0) is 39.0 Å². The second-order valence-electron chi connectivity index (χ2n) is 12.2. The first-order valence-electron chi connectivity index (χ1n) is 16.1. The Morgan fingerprint density at radius 3 is 2.12 bits per heavy atom. The Morgan fingerprint density at radius 2 is 1.44 bits per heavy atom. The number of carbonyl (C=O) groups is 1. The van der Waals surface area contributed by atoms with Crippen molar-refractivity contribution in [2.24, 2.45) is 11.5 Å². The number of benzene rings is 5. The van der Waals surface area contributed by atoms with E-state index in [4.69, 9.17) is 21.9 Å². The highest BCUT2D eigenvalue weighted by molar-refractivity contribution is 5.97. The van der Waals surface area contributed by atoms with Crippen LogP contribution in [0.25, 0.3) is 11.0 Å². The highest BCUT2D eigenvalue weighted by Gasteiger charge is 2.21. The van der Waals surface area contributed by atoms with Gasteiger partial charge in [0.05, 0.1) is 11.0 Å². The summed E-state index contributed by atoms with van der Waals surface area (Å²) in [5, 5.41) is 7.68. The maximum Gasteiger partial charge on any atom is 0.254 e. The molecule has 0 radical (unpaired) electrons. The third-order valence-electron chi connectivity index (χ3n) is 8.68. The van der Waals surface area contributed by atoms with Crippen LogP contribution in [0.5, 0.6) is 0 Å². The zero-order valence-corrected chi connectivity index (χ0v) is 27.0. The monoisotopic (exact) mass is 638 g/mol. The molecule has 5 N–H and O–H groups in total. The van der Waals surface area contributed by atoms with Gasteiger partial charge in [-0.1, -0.05) is 96.6 Å². The summed E-state index contributed by atoms with van der Waals surface area (Å²) >= 11 is 0. The lowest BCUT2D eigenvalue weighted by Crippen LogP contribution is -2.30. The first-order valence-corrected chi connectivity index (χ1v) is 16.1. The molecule has 0 fully saturated rings. The number of rotatable bonds is 12. The molecule has 0 aliphatic rings. The van der Waals surface area contributed by atoms with E-state index in [1.807, 2.05) is 66.7 Å². The van der Waals surface area contributed by atoms with Gasteiger partial charge in [-0.15, -0.1) is 0 Å². The predicted molar refractivity (Wildman–Crippen MR) is 189 cm³/mol. The molecule has 0 bridgehead atoms. The largest absolute Gasteiger partial charge is 0.384 e. The second-order valence-corrected chi connectivity index (χ2v) is 12.2. The van der Waals surface area contributed by atoms with E-state index >= 15 is 0 Å². The van der Waals surface area contributed by atoms with Crippen LogP contribution in [0.1, 0.15) is 55.1 Å². The lowest BCUT2D eigenvalue weighted by atomic mass is 10.1. The summed E-state index contributed by atoms with van der Waals surface area (Å²) in [6.07, 6.45) is 1.43. The SMILES string of the molecule is Cc1ccc(Cn2c(CCc3ccc(C(=N)N)cc3)nc3cc(C(=O)N(Cc4ccc(CN)cc4)Cc4ccccc4F)ccc32)cc1. The number of imidazole rings is 1. The number of aryl methyl sites for hydroxylation is 3. The third kappa shape index (κ3) is 7.51. The summed E-state index contributed by atoms with van der Waals surface area (Å²) < 4.78 is 17.0. The summed E-state index contributed by atoms with van der Waals surface area (Å²) in [7, 11) is 0. The van der Waals surface area contributed by atoms with Crippen LogP contribution in [0.4, 0.5) is 4.39 Å². The van der Waals surface area contributed by atoms with Crippen molar-refractivity contribution < 1.29 is 9.18 Å². The molecule has 0 saturated heterocycles. The van der Waals surface area contributed by atoms with Gasteiger partial charge in [0.15, 0.2) is 0 Å². The number of amidine groups is 1. The van der Waals surface area contributed by atoms with E-state index in [2.05, 4.69) is 35.8 Å². The number of halogens is 1. The zero-order valence-electron chi connectivity index (χ0n) is 27.0. The summed E-state index contributed by atoms with van der Waals surface area (Å²) in [4.78, 5) is 20.9. The Hall–Kier alpha value is -5.60. The van der Waals surface area contributed by atoms with Gasteiger partial charge in [-0.2, -0.15) is 0 Å². The maximum absolute atomic E-state index is 14.8. The van der Waals surface area contributed by atoms with Crippen LogP contribution in [-0.4, -0.2) is 26.2 Å². The van der Waals surface area contributed by atoms with Gasteiger partial charge in [-0.05, 0) is 59.9 Å². The van der Waals surface area contributed by atoms with Gasteiger partial charge in [-0.25, -0.2) is 9.37 Å². The molecule has 0 spiro atoms. The van der Waals surface area contributed by atoms with Crippen molar-refractivity contribution >= 4 is 22.8 Å². The van der Waals surface area contributed by atoms with E-state index in [-0.39, 0.29) is 24.1 Å². The Labute approximate surface area is 280 Å². The van der Waals surface area contributed by atoms with Gasteiger partial charge in [0.25, 0.3) is 5.91 Å². The molecule has 8 heteroatoms. The number of nitrogens with zero attached hydrogens (tertiary/aromatic N) is 3. The molecule has 0 unspecified atom stereocenters. The zero-order chi connectivity index (χ0) is 33.6. The van der Waals surface area contributed by atoms with Crippen LogP contribution in [0.3, 0.4) is 0 Å². The quantitative estimate of drug-likeness (QED) is 0.0999. The van der Waals surface area contributed by atoms with E-state index < -0.39 is 0 Å². The van der Waals surface area contributed by atoms with Gasteiger partial charge in [-0.3, -0.25) is 10.2 Å². The molecule has 1 amide bonds. The number of amides is 1. The summed E-state index contributed by atoms with van der Waals surface area (Å²) in [5.41, 5.74) is 20.1. The molecular weight excluding hydrogens is 599 g/mol. The molecular formula is C40H39FN6O. The van der Waals surface area contributed by atoms with Gasteiger partial charge in [0.1, 0.15) is 17.5 Å². The molecule has 0 aliphatic carbocycles. The fourth-order valence-corrected chi connectivity index (χ4v) is 5.88. The minimum atomic E-state index is -0.348. The van der Waals surface area contributed by atoms with Crippen molar-refractivity contribution in [2.75, 3.05) is 0 Å². The Bertz CT molecular complexity index is 2050. The van der Waals surface area contributed by atoms with Crippen LogP contribution in [0.2, 0.25) is 0 Å². The van der Waals surface area contributed by atoms with E-state index in [1.54, 1.807) is 23.1 Å². The number of nitrogens with one attached hydrogen (secondary N) is 1. The van der Waals surface area contributed by atoms with Crippen molar-refractivity contribution in [3.05, 3.63) is 171 Å². The topological polar surface area (TPSA) is 114 Å². The standard InChI is InChI=1S/C40H39FN6O/c1-27-6-8-31(9-7-27)25-47-37-20-19-33(22-36(37)45-38(47)21-16-28-14-17-32(18-15-28)39(43)44)40(48)46(26-34-4-2-3-5-35(34)41)24-30-12-10-29(23-42)11-13-30/h2-15,17-20,22H,16,21,23-26,42H2,1H3,(H3,43,44). The predicted octanol–water partition coefficient (Wildman–Crippen LogP) is 6.90. The highest BCUT2D eigenvalue weighted by Crippen LogP contribution is 2.24. The van der Waals surface area contributed by atoms with E-state index in [9.17, 15) is 9.18 Å². The Kier molecular flexibility index (Phi) is 9.73. The highest BCUT2D eigenvalue weighted by atomic mass is 19.1. The molecule has 0 atom stereocenters. The normalized spacial score (nSPS) is 11.1. The lowest BCUT2D eigenvalue weighted by Gasteiger charge is -2.24. The average molecular weight is 639 g/mol. The molecule has 1 heterocycles. The lowest BCUT2D eigenvalue weighted by molar-refractivity contribution is 0.0728. The third-order valence-corrected chi connectivity index (χ3v) is 8.68. The molecule has 242 valence electrons. The molecule has 0 saturated carbocycles. The van der Waals surface area contributed by atoms with Gasteiger partial charge >= 0.3 is 0 Å². The van der Waals surface area contributed by atoms with Crippen LogP contribution < -0.4 is 11.5 Å². The van der Waals surface area contributed by atoms with Crippen molar-refractivity contribution in [1.82, 2.24) is 14.5 Å². The molecule has 1 aromatic heterocycles. The molecule has 6 aromatic rings. The van der Waals surface area contributed by atoms with Crippen LogP contribution >= 0.6 is 0 Å². The fraction of sp³-hybridized carbons (Fsp3) is 0.175. The van der Waals surface area contributed by atoms with Crippen molar-refractivity contribution in [3.63, 3.8) is 0 Å². The van der Waals surface area contributed by atoms with Gasteiger partial charge < -0.3 is 20.9 Å². The van der Waals surface area contributed by atoms with Crippen molar-refractivity contribution in [2.45, 2.75) is 45.9 Å². The average Bonchev–Trinajstić information content (AvgIpc) is 3.45. The van der Waals surface area contributed by atoms with Crippen LogP contribution in [0, 0.1) is 18.2 Å². The minimum Gasteiger partial charge on any atom is -0.384 e. The molecule has 0 aliphatic heterocycles. The van der Waals surface area contributed by atoms with Crippen molar-refractivity contribution in [3.8, 4) is 0 Å². The summed E-state index contributed by atoms with van der Waals surface area (Å²) in [6.45, 7) is 3.58. The maximum atomic E-state index is 14.8. The first kappa shape index (κ1) is 32.3. The van der Waals surface area contributed by atoms with Gasteiger partial charge in [0.2, 0.25) is 0 Å². The Morgan fingerprint density at radius 1 is 0.792 bits per heavy atom. The number of hydrogen-bond donors (Lipinski definition) is 3. The van der Waals surface area contributed by atoms with Crippen LogP contribution in [0.15, 0.2) is 115 Å². The number of nitrogen functional groups attached to an aromatic ring is 1. The minimum absolute atomic E-state index is 0.0451. The second kappa shape index (κ2) is 14.4. The number of hydrogen-bond acceptors (Lipinski definition) is 4. The molecule has 6 rings (SSSR count). The number of carbonyl (C=O) groups excluding carboxylic acids is 1. The Balaban J connectivity index is 1.33. The summed E-state index contributed by atoms with van der Waals surface area (Å²) in [6, 6.07) is 36.2. The van der Waals surface area contributed by atoms with E-state index in [0.29, 0.717) is 42.7 Å². The smallest absolute Gasteiger partial charge is 0.254 e. The van der Waals surface area contributed by atoms with Gasteiger partial charge in [0, 0.05) is 49.3 Å². The fourth-order valence-electron chi connectivity index (χ4n) is 5.88. The van der Waals surface area contributed by atoms with E-state index in [1.165, 1.54) is 11.6 Å². The van der Waals surface area contributed by atoms with E-state index in [0.717, 1.165) is 45.5 Å².